The molecule has 2 fully saturated rings. The smallest absolute Gasteiger partial charge is 0.312 e. The molecule has 1 aromatic rings. The minimum absolute atomic E-state index is 0.0271. The van der Waals surface area contributed by atoms with E-state index in [1.165, 1.54) is 7.11 Å². The van der Waals surface area contributed by atoms with Crippen LogP contribution in [0.2, 0.25) is 0 Å². The van der Waals surface area contributed by atoms with Gasteiger partial charge in [-0.2, -0.15) is 0 Å². The fraction of sp³-hybridized carbons (Fsp3) is 0.571. The Bertz CT molecular complexity index is 520. The van der Waals surface area contributed by atoms with E-state index in [-0.39, 0.29) is 16.7 Å². The number of nitrogens with two attached hydrogens (primary N) is 1. The summed E-state index contributed by atoms with van der Waals surface area (Å²) in [5.74, 6) is 0.305. The molecule has 2 atom stereocenters. The summed E-state index contributed by atoms with van der Waals surface area (Å²) in [5, 5.41) is 11.1. The number of nitro groups is 1. The van der Waals surface area contributed by atoms with Gasteiger partial charge in [0, 0.05) is 29.9 Å². The second-order valence-electron chi connectivity index (χ2n) is 5.64. The zero-order chi connectivity index (χ0) is 14.3. The maximum absolute atomic E-state index is 11.1. The molecule has 0 aliphatic carbocycles. The van der Waals surface area contributed by atoms with Crippen LogP contribution in [0.5, 0.6) is 5.75 Å². The molecule has 2 N–H and O–H groups in total. The molecule has 2 unspecified atom stereocenters. The highest BCUT2D eigenvalue weighted by atomic mass is 16.6. The molecule has 0 saturated carbocycles. The predicted molar refractivity (Wildman–Crippen MR) is 76.1 cm³/mol. The fourth-order valence-electron chi connectivity index (χ4n) is 3.62. The molecular weight excluding hydrogens is 258 g/mol. The molecule has 108 valence electrons. The van der Waals surface area contributed by atoms with Gasteiger partial charge in [-0.15, -0.1) is 0 Å². The highest BCUT2D eigenvalue weighted by molar-refractivity contribution is 5.61. The molecule has 0 amide bonds. The molecule has 1 aromatic carbocycles. The molecular formula is C14H19N3O3. The summed E-state index contributed by atoms with van der Waals surface area (Å²) < 4.78 is 5.06. The van der Waals surface area contributed by atoms with E-state index in [1.807, 2.05) is 6.07 Å². The van der Waals surface area contributed by atoms with E-state index < -0.39 is 0 Å². The van der Waals surface area contributed by atoms with Crippen molar-refractivity contribution in [3.63, 3.8) is 0 Å². The molecule has 2 heterocycles. The van der Waals surface area contributed by atoms with Crippen molar-refractivity contribution in [1.82, 2.24) is 0 Å². The Morgan fingerprint density at radius 2 is 2.00 bits per heavy atom. The lowest BCUT2D eigenvalue weighted by Gasteiger charge is -2.39. The second-order valence-corrected chi connectivity index (χ2v) is 5.64. The largest absolute Gasteiger partial charge is 0.490 e. The number of rotatable bonds is 3. The third-order valence-corrected chi connectivity index (χ3v) is 4.43. The van der Waals surface area contributed by atoms with Gasteiger partial charge in [0.15, 0.2) is 5.75 Å². The Hall–Kier alpha value is -1.82. The summed E-state index contributed by atoms with van der Waals surface area (Å²) >= 11 is 0. The number of methoxy groups -OCH3 is 1. The summed E-state index contributed by atoms with van der Waals surface area (Å²) in [7, 11) is 1.45. The second kappa shape index (κ2) is 4.94. The number of hydrogen-bond donors (Lipinski definition) is 1. The van der Waals surface area contributed by atoms with Crippen LogP contribution in [0.15, 0.2) is 18.2 Å². The molecule has 6 heteroatoms. The van der Waals surface area contributed by atoms with Crippen molar-refractivity contribution < 1.29 is 9.66 Å². The highest BCUT2D eigenvalue weighted by Gasteiger charge is 2.40. The maximum Gasteiger partial charge on any atom is 0.312 e. The van der Waals surface area contributed by atoms with Crippen molar-refractivity contribution in [3.05, 3.63) is 28.3 Å². The molecule has 6 nitrogen and oxygen atoms in total. The van der Waals surface area contributed by atoms with Crippen molar-refractivity contribution in [3.8, 4) is 5.75 Å². The number of piperidine rings is 1. The quantitative estimate of drug-likeness (QED) is 0.675. The van der Waals surface area contributed by atoms with Gasteiger partial charge in [-0.05, 0) is 37.8 Å². The Morgan fingerprint density at radius 3 is 2.55 bits per heavy atom. The molecule has 3 rings (SSSR count). The van der Waals surface area contributed by atoms with E-state index in [9.17, 15) is 10.1 Å². The highest BCUT2D eigenvalue weighted by Crippen LogP contribution is 2.41. The number of hydrogen-bond acceptors (Lipinski definition) is 5. The van der Waals surface area contributed by atoms with E-state index in [0.717, 1.165) is 31.4 Å². The zero-order valence-corrected chi connectivity index (χ0v) is 11.5. The van der Waals surface area contributed by atoms with Crippen molar-refractivity contribution in [2.45, 2.75) is 43.8 Å². The lowest BCUT2D eigenvalue weighted by Crippen LogP contribution is -2.47. The van der Waals surface area contributed by atoms with Crippen LogP contribution >= 0.6 is 0 Å². The SMILES string of the molecule is COc1ccc(N2C3CCC2CC(N)C3)cc1[N+](=O)[O-]. The first kappa shape index (κ1) is 13.2. The summed E-state index contributed by atoms with van der Waals surface area (Å²) in [6.07, 6.45) is 4.18. The van der Waals surface area contributed by atoms with E-state index in [4.69, 9.17) is 10.5 Å². The van der Waals surface area contributed by atoms with Gasteiger partial charge < -0.3 is 15.4 Å². The molecule has 2 bridgehead atoms. The first-order chi connectivity index (χ1) is 9.60. The summed E-state index contributed by atoms with van der Waals surface area (Å²) in [6.45, 7) is 0. The first-order valence-electron chi connectivity index (χ1n) is 6.96. The maximum atomic E-state index is 11.1. The van der Waals surface area contributed by atoms with Crippen molar-refractivity contribution >= 4 is 11.4 Å². The number of fused-ring (bicyclic) bond motifs is 2. The molecule has 2 aliphatic rings. The van der Waals surface area contributed by atoms with Gasteiger partial charge in [0.05, 0.1) is 12.0 Å². The minimum atomic E-state index is -0.389. The van der Waals surface area contributed by atoms with E-state index in [0.29, 0.717) is 17.8 Å². The first-order valence-corrected chi connectivity index (χ1v) is 6.96. The monoisotopic (exact) mass is 277 g/mol. The van der Waals surface area contributed by atoms with Crippen molar-refractivity contribution in [2.75, 3.05) is 12.0 Å². The topological polar surface area (TPSA) is 81.6 Å². The number of nitro benzene ring substituents is 1. The van der Waals surface area contributed by atoms with Crippen molar-refractivity contribution in [1.29, 1.82) is 0 Å². The number of nitrogens with zero attached hydrogens (tertiary/aromatic N) is 2. The Kier molecular flexibility index (Phi) is 3.25. The molecule has 2 aliphatic heterocycles. The van der Waals surface area contributed by atoms with Crippen LogP contribution in [0.1, 0.15) is 25.7 Å². The summed E-state index contributed by atoms with van der Waals surface area (Å²) in [5.41, 5.74) is 7.01. The average molecular weight is 277 g/mol. The molecule has 0 radical (unpaired) electrons. The third kappa shape index (κ3) is 2.10. The lowest BCUT2D eigenvalue weighted by atomic mass is 9.97. The molecule has 0 spiro atoms. The number of anilines is 1. The average Bonchev–Trinajstić information content (AvgIpc) is 2.70. The van der Waals surface area contributed by atoms with Gasteiger partial charge in [0.25, 0.3) is 0 Å². The van der Waals surface area contributed by atoms with Gasteiger partial charge in [-0.3, -0.25) is 10.1 Å². The van der Waals surface area contributed by atoms with Gasteiger partial charge in [0.2, 0.25) is 0 Å². The lowest BCUT2D eigenvalue weighted by molar-refractivity contribution is -0.385. The Labute approximate surface area is 117 Å². The number of benzene rings is 1. The minimum Gasteiger partial charge on any atom is -0.490 e. The fourth-order valence-corrected chi connectivity index (χ4v) is 3.62. The van der Waals surface area contributed by atoms with Gasteiger partial charge >= 0.3 is 5.69 Å². The summed E-state index contributed by atoms with van der Waals surface area (Å²) in [6, 6.07) is 6.31. The van der Waals surface area contributed by atoms with E-state index >= 15 is 0 Å². The van der Waals surface area contributed by atoms with Crippen molar-refractivity contribution in [2.24, 2.45) is 5.73 Å². The van der Waals surface area contributed by atoms with Gasteiger partial charge in [-0.1, -0.05) is 0 Å². The van der Waals surface area contributed by atoms with Crippen LogP contribution in [0.25, 0.3) is 0 Å². The van der Waals surface area contributed by atoms with Crippen LogP contribution in [-0.4, -0.2) is 30.2 Å². The molecule has 0 aromatic heterocycles. The standard InChI is InChI=1S/C14H19N3O3/c1-20-14-5-4-12(8-13(14)17(18)19)16-10-2-3-11(16)7-9(15)6-10/h4-5,8-11H,2-3,6-7,15H2,1H3. The van der Waals surface area contributed by atoms with Gasteiger partial charge in [-0.25, -0.2) is 0 Å². The van der Waals surface area contributed by atoms with Crippen LogP contribution in [0.3, 0.4) is 0 Å². The van der Waals surface area contributed by atoms with Crippen LogP contribution < -0.4 is 15.4 Å². The Morgan fingerprint density at radius 1 is 1.35 bits per heavy atom. The van der Waals surface area contributed by atoms with E-state index in [2.05, 4.69) is 4.90 Å². The van der Waals surface area contributed by atoms with Gasteiger partial charge in [0.1, 0.15) is 0 Å². The van der Waals surface area contributed by atoms with E-state index in [1.54, 1.807) is 12.1 Å². The zero-order valence-electron chi connectivity index (χ0n) is 11.5. The van der Waals surface area contributed by atoms with Crippen LogP contribution in [0, 0.1) is 10.1 Å². The predicted octanol–water partition coefficient (Wildman–Crippen LogP) is 2.06. The Balaban J connectivity index is 1.95. The molecule has 20 heavy (non-hydrogen) atoms. The van der Waals surface area contributed by atoms with Crippen LogP contribution in [-0.2, 0) is 0 Å². The number of ether oxygens (including phenoxy) is 1. The summed E-state index contributed by atoms with van der Waals surface area (Å²) in [4.78, 5) is 13.1. The van der Waals surface area contributed by atoms with Crippen LogP contribution in [0.4, 0.5) is 11.4 Å². The third-order valence-electron chi connectivity index (χ3n) is 4.43. The molecule has 2 saturated heterocycles. The normalized spacial score (nSPS) is 28.5.